The number of carbonyl (C=O) groups is 1. The third-order valence-electron chi connectivity index (χ3n) is 8.26. The van der Waals surface area contributed by atoms with Gasteiger partial charge in [0.15, 0.2) is 0 Å². The minimum absolute atomic E-state index is 0.0984. The highest BCUT2D eigenvalue weighted by atomic mass is 19.1. The van der Waals surface area contributed by atoms with Gasteiger partial charge in [-0.05, 0) is 86.1 Å². The molecule has 2 fully saturated rings. The zero-order chi connectivity index (χ0) is 26.1. The summed E-state index contributed by atoms with van der Waals surface area (Å²) < 4.78 is 14.1. The number of para-hydroxylation sites is 1. The SMILES string of the molecule is Nc1cc(CN2CCC(C(=O)N3CCC(c4c(-c5cccc(F)c5)[nH]c5ccccc45)CC3)CC2)ccn1. The molecule has 2 aromatic heterocycles. The molecule has 7 heteroatoms. The summed E-state index contributed by atoms with van der Waals surface area (Å²) in [6.07, 6.45) is 5.37. The topological polar surface area (TPSA) is 78.2 Å². The Morgan fingerprint density at radius 1 is 0.974 bits per heavy atom. The predicted molar refractivity (Wildman–Crippen MR) is 149 cm³/mol. The molecule has 0 bridgehead atoms. The van der Waals surface area contributed by atoms with Crippen LogP contribution in [-0.4, -0.2) is 51.9 Å². The van der Waals surface area contributed by atoms with Crippen LogP contribution in [0.5, 0.6) is 0 Å². The van der Waals surface area contributed by atoms with Crippen LogP contribution in [0.1, 0.15) is 42.7 Å². The molecule has 6 rings (SSSR count). The number of anilines is 1. The number of nitrogens with one attached hydrogen (secondary N) is 1. The van der Waals surface area contributed by atoms with Gasteiger partial charge in [0.1, 0.15) is 11.6 Å². The lowest BCUT2D eigenvalue weighted by Gasteiger charge is -2.37. The van der Waals surface area contributed by atoms with E-state index in [1.54, 1.807) is 18.3 Å². The van der Waals surface area contributed by atoms with Gasteiger partial charge in [0.05, 0.1) is 5.69 Å². The van der Waals surface area contributed by atoms with Gasteiger partial charge in [-0.1, -0.05) is 30.3 Å². The number of amides is 1. The summed E-state index contributed by atoms with van der Waals surface area (Å²) in [5.74, 6) is 1.04. The molecule has 0 unspecified atom stereocenters. The average Bonchev–Trinajstić information content (AvgIpc) is 3.33. The summed E-state index contributed by atoms with van der Waals surface area (Å²) in [6.45, 7) is 4.21. The van der Waals surface area contributed by atoms with Crippen LogP contribution in [0.2, 0.25) is 0 Å². The van der Waals surface area contributed by atoms with Crippen molar-refractivity contribution in [3.05, 3.63) is 83.8 Å². The van der Waals surface area contributed by atoms with Crippen molar-refractivity contribution in [2.45, 2.75) is 38.1 Å². The number of halogens is 1. The lowest BCUT2D eigenvalue weighted by atomic mass is 9.85. The van der Waals surface area contributed by atoms with Gasteiger partial charge in [-0.3, -0.25) is 9.69 Å². The minimum atomic E-state index is -0.233. The number of pyridine rings is 1. The molecule has 0 saturated carbocycles. The Bertz CT molecular complexity index is 1430. The number of hydrogen-bond acceptors (Lipinski definition) is 4. The molecule has 2 aromatic carbocycles. The van der Waals surface area contributed by atoms with E-state index in [1.807, 2.05) is 24.3 Å². The first kappa shape index (κ1) is 24.6. The van der Waals surface area contributed by atoms with Crippen molar-refractivity contribution in [3.63, 3.8) is 0 Å². The van der Waals surface area contributed by atoms with E-state index >= 15 is 0 Å². The maximum absolute atomic E-state index is 14.1. The fourth-order valence-electron chi connectivity index (χ4n) is 6.30. The van der Waals surface area contributed by atoms with Gasteiger partial charge in [-0.2, -0.15) is 0 Å². The molecule has 2 saturated heterocycles. The van der Waals surface area contributed by atoms with E-state index in [2.05, 4.69) is 38.0 Å². The van der Waals surface area contributed by atoms with Crippen molar-refractivity contribution in [1.29, 1.82) is 0 Å². The molecule has 38 heavy (non-hydrogen) atoms. The van der Waals surface area contributed by atoms with Crippen molar-refractivity contribution in [2.75, 3.05) is 31.9 Å². The number of carbonyl (C=O) groups excluding carboxylic acids is 1. The third kappa shape index (κ3) is 5.03. The van der Waals surface area contributed by atoms with E-state index in [-0.39, 0.29) is 11.7 Å². The van der Waals surface area contributed by atoms with Crippen molar-refractivity contribution in [1.82, 2.24) is 19.8 Å². The van der Waals surface area contributed by atoms with Crippen LogP contribution in [0.4, 0.5) is 10.2 Å². The van der Waals surface area contributed by atoms with Gasteiger partial charge in [0, 0.05) is 48.2 Å². The van der Waals surface area contributed by atoms with Gasteiger partial charge >= 0.3 is 0 Å². The molecule has 196 valence electrons. The normalized spacial score (nSPS) is 17.8. The van der Waals surface area contributed by atoms with Crippen molar-refractivity contribution < 1.29 is 9.18 Å². The molecule has 0 spiro atoms. The van der Waals surface area contributed by atoms with Crippen LogP contribution < -0.4 is 5.73 Å². The smallest absolute Gasteiger partial charge is 0.225 e. The Kier molecular flexibility index (Phi) is 6.85. The molecule has 4 aromatic rings. The molecule has 0 radical (unpaired) electrons. The van der Waals surface area contributed by atoms with Gasteiger partial charge in [0.25, 0.3) is 0 Å². The number of aromatic nitrogens is 2. The Morgan fingerprint density at radius 3 is 2.53 bits per heavy atom. The summed E-state index contributed by atoms with van der Waals surface area (Å²) >= 11 is 0. The molecule has 2 aliphatic rings. The number of likely N-dealkylation sites (tertiary alicyclic amines) is 2. The molecule has 1 amide bonds. The molecule has 0 atom stereocenters. The predicted octanol–water partition coefficient (Wildman–Crippen LogP) is 5.57. The Morgan fingerprint density at radius 2 is 1.76 bits per heavy atom. The number of nitrogens with zero attached hydrogens (tertiary/aromatic N) is 3. The lowest BCUT2D eigenvalue weighted by molar-refractivity contribution is -0.138. The van der Waals surface area contributed by atoms with Crippen molar-refractivity contribution in [2.24, 2.45) is 5.92 Å². The van der Waals surface area contributed by atoms with Crippen LogP contribution in [0, 0.1) is 11.7 Å². The van der Waals surface area contributed by atoms with Crippen LogP contribution in [-0.2, 0) is 11.3 Å². The molecule has 0 aliphatic carbocycles. The first-order valence-corrected chi connectivity index (χ1v) is 13.6. The summed E-state index contributed by atoms with van der Waals surface area (Å²) in [6, 6.07) is 19.1. The number of nitrogens with two attached hydrogens (primary N) is 1. The van der Waals surface area contributed by atoms with Gasteiger partial charge in [0.2, 0.25) is 5.91 Å². The van der Waals surface area contributed by atoms with Crippen LogP contribution >= 0.6 is 0 Å². The van der Waals surface area contributed by atoms with Crippen molar-refractivity contribution in [3.8, 4) is 11.3 Å². The first-order chi connectivity index (χ1) is 18.5. The fraction of sp³-hybridized carbons (Fsp3) is 0.355. The third-order valence-corrected chi connectivity index (χ3v) is 8.26. The van der Waals surface area contributed by atoms with E-state index in [9.17, 15) is 9.18 Å². The summed E-state index contributed by atoms with van der Waals surface area (Å²) in [5, 5.41) is 1.19. The average molecular weight is 512 g/mol. The highest BCUT2D eigenvalue weighted by Gasteiger charge is 2.32. The second kappa shape index (κ2) is 10.6. The van der Waals surface area contributed by atoms with Gasteiger partial charge in [-0.25, -0.2) is 9.37 Å². The lowest BCUT2D eigenvalue weighted by Crippen LogP contribution is -2.45. The van der Waals surface area contributed by atoms with Gasteiger partial charge in [-0.15, -0.1) is 0 Å². The second-order valence-corrected chi connectivity index (χ2v) is 10.7. The van der Waals surface area contributed by atoms with Crippen molar-refractivity contribution >= 4 is 22.6 Å². The molecule has 3 N–H and O–H groups in total. The maximum Gasteiger partial charge on any atom is 0.225 e. The molecule has 2 aliphatic heterocycles. The van der Waals surface area contributed by atoms with Crippen LogP contribution in [0.25, 0.3) is 22.2 Å². The van der Waals surface area contributed by atoms with Gasteiger partial charge < -0.3 is 15.6 Å². The first-order valence-electron chi connectivity index (χ1n) is 13.6. The minimum Gasteiger partial charge on any atom is -0.384 e. The number of aromatic amines is 1. The van der Waals surface area contributed by atoms with Crippen LogP contribution in [0.15, 0.2) is 66.9 Å². The standard InChI is InChI=1S/C31H34FN5O/c32-25-5-3-4-24(19-25)30-29(26-6-1-2-7-27(26)35-30)22-11-16-37(17-12-22)31(38)23-9-14-36(15-10-23)20-21-8-13-34-28(33)18-21/h1-8,13,18-19,22-23,35H,9-12,14-17,20H2,(H2,33,34). The summed E-state index contributed by atoms with van der Waals surface area (Å²) in [4.78, 5) is 25.5. The quantitative estimate of drug-likeness (QED) is 0.367. The summed E-state index contributed by atoms with van der Waals surface area (Å²) in [5.41, 5.74) is 11.2. The second-order valence-electron chi connectivity index (χ2n) is 10.7. The number of hydrogen-bond donors (Lipinski definition) is 2. The Balaban J connectivity index is 1.10. The number of fused-ring (bicyclic) bond motifs is 1. The molecule has 6 nitrogen and oxygen atoms in total. The van der Waals surface area contributed by atoms with Crippen LogP contribution in [0.3, 0.4) is 0 Å². The van der Waals surface area contributed by atoms with E-state index in [0.717, 1.165) is 75.2 Å². The van der Waals surface area contributed by atoms with E-state index in [0.29, 0.717) is 17.6 Å². The molecular formula is C31H34FN5O. The zero-order valence-electron chi connectivity index (χ0n) is 21.6. The number of benzene rings is 2. The highest BCUT2D eigenvalue weighted by Crippen LogP contribution is 2.40. The molecular weight excluding hydrogens is 477 g/mol. The summed E-state index contributed by atoms with van der Waals surface area (Å²) in [7, 11) is 0. The van der Waals surface area contributed by atoms with E-state index < -0.39 is 0 Å². The molecule has 4 heterocycles. The Labute approximate surface area is 222 Å². The number of piperidine rings is 2. The maximum atomic E-state index is 14.1. The number of H-pyrrole nitrogens is 1. The zero-order valence-corrected chi connectivity index (χ0v) is 21.6. The largest absolute Gasteiger partial charge is 0.384 e. The fourth-order valence-corrected chi connectivity index (χ4v) is 6.30. The number of nitrogen functional groups attached to an aromatic ring is 1. The van der Waals surface area contributed by atoms with E-state index in [1.165, 1.54) is 22.6 Å². The Hall–Kier alpha value is -3.71. The monoisotopic (exact) mass is 511 g/mol. The van der Waals surface area contributed by atoms with E-state index in [4.69, 9.17) is 5.73 Å². The highest BCUT2D eigenvalue weighted by molar-refractivity contribution is 5.91. The number of rotatable bonds is 5.